The van der Waals surface area contributed by atoms with E-state index in [2.05, 4.69) is 38.2 Å². The van der Waals surface area contributed by atoms with Crippen LogP contribution in [0.4, 0.5) is 0 Å². The van der Waals surface area contributed by atoms with Crippen LogP contribution >= 0.6 is 0 Å². The molecule has 1 rings (SSSR count). The van der Waals surface area contributed by atoms with Crippen molar-refractivity contribution in [2.75, 3.05) is 20.8 Å². The molecule has 3 nitrogen and oxygen atoms in total. The van der Waals surface area contributed by atoms with Crippen molar-refractivity contribution in [2.24, 2.45) is 0 Å². The van der Waals surface area contributed by atoms with Gasteiger partial charge in [-0.1, -0.05) is 39.0 Å². The SMILES string of the molecule is CCCNC(c1ccccc1OC)C(CC)(CC)OC. The van der Waals surface area contributed by atoms with Crippen molar-refractivity contribution in [2.45, 2.75) is 51.7 Å². The fourth-order valence-electron chi connectivity index (χ4n) is 2.84. The van der Waals surface area contributed by atoms with Gasteiger partial charge in [0.1, 0.15) is 5.75 Å². The zero-order valence-corrected chi connectivity index (χ0v) is 13.5. The third kappa shape index (κ3) is 3.53. The van der Waals surface area contributed by atoms with E-state index in [1.165, 1.54) is 5.56 Å². The normalized spacial score (nSPS) is 13.2. The van der Waals surface area contributed by atoms with Gasteiger partial charge in [0.05, 0.1) is 18.8 Å². The molecule has 0 saturated heterocycles. The Morgan fingerprint density at radius 1 is 1.10 bits per heavy atom. The molecule has 0 aromatic heterocycles. The first-order valence-corrected chi connectivity index (χ1v) is 7.60. The van der Waals surface area contributed by atoms with E-state index in [-0.39, 0.29) is 11.6 Å². The standard InChI is InChI=1S/C17H29NO2/c1-6-13-18-16(17(7-2,8-3)20-5)14-11-9-10-12-15(14)19-4/h9-12,16,18H,6-8,13H2,1-5H3. The zero-order chi connectivity index (χ0) is 15.0. The number of rotatable bonds is 9. The second-order valence-electron chi connectivity index (χ2n) is 5.11. The Morgan fingerprint density at radius 2 is 1.75 bits per heavy atom. The van der Waals surface area contributed by atoms with Crippen molar-refractivity contribution < 1.29 is 9.47 Å². The average Bonchev–Trinajstić information content (AvgIpc) is 2.52. The number of ether oxygens (including phenoxy) is 2. The minimum Gasteiger partial charge on any atom is -0.496 e. The van der Waals surface area contributed by atoms with Gasteiger partial charge in [-0.15, -0.1) is 0 Å². The molecule has 0 spiro atoms. The van der Waals surface area contributed by atoms with E-state index in [1.54, 1.807) is 7.11 Å². The Morgan fingerprint density at radius 3 is 2.25 bits per heavy atom. The molecule has 114 valence electrons. The van der Waals surface area contributed by atoms with Crippen LogP contribution in [-0.4, -0.2) is 26.4 Å². The lowest BCUT2D eigenvalue weighted by atomic mass is 9.83. The van der Waals surface area contributed by atoms with Crippen molar-refractivity contribution >= 4 is 0 Å². The molecular formula is C17H29NO2. The molecule has 1 aromatic rings. The highest BCUT2D eigenvalue weighted by atomic mass is 16.5. The molecule has 0 aliphatic heterocycles. The topological polar surface area (TPSA) is 30.5 Å². The predicted octanol–water partition coefficient (Wildman–Crippen LogP) is 3.94. The molecule has 1 N–H and O–H groups in total. The molecule has 0 radical (unpaired) electrons. The molecule has 1 aromatic carbocycles. The van der Waals surface area contributed by atoms with Crippen LogP contribution in [0.25, 0.3) is 0 Å². The van der Waals surface area contributed by atoms with Crippen LogP contribution in [0.1, 0.15) is 51.6 Å². The largest absolute Gasteiger partial charge is 0.496 e. The van der Waals surface area contributed by atoms with Crippen molar-refractivity contribution in [1.29, 1.82) is 0 Å². The third-order valence-corrected chi connectivity index (χ3v) is 4.18. The summed E-state index contributed by atoms with van der Waals surface area (Å²) in [5.41, 5.74) is 0.970. The van der Waals surface area contributed by atoms with Crippen LogP contribution in [-0.2, 0) is 4.74 Å². The molecule has 0 bridgehead atoms. The minimum absolute atomic E-state index is 0.138. The Labute approximate surface area is 123 Å². The monoisotopic (exact) mass is 279 g/mol. The van der Waals surface area contributed by atoms with Crippen molar-refractivity contribution in [3.63, 3.8) is 0 Å². The molecule has 1 unspecified atom stereocenters. The Kier molecular flexibility index (Phi) is 7.03. The van der Waals surface area contributed by atoms with E-state index < -0.39 is 0 Å². The van der Waals surface area contributed by atoms with Crippen molar-refractivity contribution in [3.8, 4) is 5.75 Å². The summed E-state index contributed by atoms with van der Waals surface area (Å²) in [5, 5.41) is 3.65. The molecule has 0 amide bonds. The Bertz CT molecular complexity index is 380. The lowest BCUT2D eigenvalue weighted by Gasteiger charge is -2.39. The summed E-state index contributed by atoms with van der Waals surface area (Å²) in [6.07, 6.45) is 3.01. The highest BCUT2D eigenvalue weighted by molar-refractivity contribution is 5.37. The molecule has 20 heavy (non-hydrogen) atoms. The van der Waals surface area contributed by atoms with Crippen molar-refractivity contribution in [3.05, 3.63) is 29.8 Å². The number of benzene rings is 1. The lowest BCUT2D eigenvalue weighted by Crippen LogP contribution is -2.45. The van der Waals surface area contributed by atoms with Crippen LogP contribution in [0.5, 0.6) is 5.75 Å². The highest BCUT2D eigenvalue weighted by Crippen LogP contribution is 2.38. The molecule has 3 heteroatoms. The van der Waals surface area contributed by atoms with Crippen LogP contribution < -0.4 is 10.1 Å². The third-order valence-electron chi connectivity index (χ3n) is 4.18. The van der Waals surface area contributed by atoms with Gasteiger partial charge in [0.15, 0.2) is 0 Å². The van der Waals surface area contributed by atoms with Gasteiger partial charge in [0.25, 0.3) is 0 Å². The van der Waals surface area contributed by atoms with Gasteiger partial charge in [-0.25, -0.2) is 0 Å². The zero-order valence-electron chi connectivity index (χ0n) is 13.5. The maximum absolute atomic E-state index is 5.93. The summed E-state index contributed by atoms with van der Waals surface area (Å²) < 4.78 is 11.5. The first-order chi connectivity index (χ1) is 9.68. The van der Waals surface area contributed by atoms with Gasteiger partial charge in [0, 0.05) is 12.7 Å². The van der Waals surface area contributed by atoms with Gasteiger partial charge in [-0.3, -0.25) is 0 Å². The number of methoxy groups -OCH3 is 2. The van der Waals surface area contributed by atoms with E-state index in [4.69, 9.17) is 9.47 Å². The van der Waals surface area contributed by atoms with Crippen LogP contribution in [0.3, 0.4) is 0 Å². The number of hydrogen-bond acceptors (Lipinski definition) is 3. The summed E-state index contributed by atoms with van der Waals surface area (Å²) in [4.78, 5) is 0. The van der Waals surface area contributed by atoms with E-state index in [0.29, 0.717) is 0 Å². The number of para-hydroxylation sites is 1. The van der Waals surface area contributed by atoms with E-state index in [0.717, 1.165) is 31.6 Å². The Balaban J connectivity index is 3.23. The van der Waals surface area contributed by atoms with Crippen LogP contribution in [0.15, 0.2) is 24.3 Å². The maximum Gasteiger partial charge on any atom is 0.123 e. The van der Waals surface area contributed by atoms with Gasteiger partial charge in [0.2, 0.25) is 0 Å². The smallest absolute Gasteiger partial charge is 0.123 e. The number of hydrogen-bond donors (Lipinski definition) is 1. The fourth-order valence-corrected chi connectivity index (χ4v) is 2.84. The molecule has 0 saturated carbocycles. The van der Waals surface area contributed by atoms with E-state index in [9.17, 15) is 0 Å². The summed E-state index contributed by atoms with van der Waals surface area (Å²) in [7, 11) is 3.53. The summed E-state index contributed by atoms with van der Waals surface area (Å²) in [5.74, 6) is 0.921. The second kappa shape index (κ2) is 8.28. The average molecular weight is 279 g/mol. The van der Waals surface area contributed by atoms with Gasteiger partial charge < -0.3 is 14.8 Å². The van der Waals surface area contributed by atoms with Crippen LogP contribution in [0.2, 0.25) is 0 Å². The molecule has 0 aliphatic carbocycles. The van der Waals surface area contributed by atoms with Gasteiger partial charge >= 0.3 is 0 Å². The second-order valence-corrected chi connectivity index (χ2v) is 5.11. The quantitative estimate of drug-likeness (QED) is 0.742. The van der Waals surface area contributed by atoms with E-state index >= 15 is 0 Å². The van der Waals surface area contributed by atoms with E-state index in [1.807, 2.05) is 19.2 Å². The molecule has 0 aliphatic rings. The molecule has 0 fully saturated rings. The van der Waals surface area contributed by atoms with Gasteiger partial charge in [-0.2, -0.15) is 0 Å². The first-order valence-electron chi connectivity index (χ1n) is 7.60. The first kappa shape index (κ1) is 17.0. The Hall–Kier alpha value is -1.06. The summed E-state index contributed by atoms with van der Waals surface area (Å²) >= 11 is 0. The summed E-state index contributed by atoms with van der Waals surface area (Å²) in [6.45, 7) is 7.51. The van der Waals surface area contributed by atoms with Gasteiger partial charge in [-0.05, 0) is 31.9 Å². The molecular weight excluding hydrogens is 250 g/mol. The highest BCUT2D eigenvalue weighted by Gasteiger charge is 2.37. The van der Waals surface area contributed by atoms with Crippen LogP contribution in [0, 0.1) is 0 Å². The summed E-state index contributed by atoms with van der Waals surface area (Å²) in [6, 6.07) is 8.35. The fraction of sp³-hybridized carbons (Fsp3) is 0.647. The maximum atomic E-state index is 5.93. The minimum atomic E-state index is -0.205. The van der Waals surface area contributed by atoms with Crippen molar-refractivity contribution in [1.82, 2.24) is 5.32 Å². The number of nitrogens with one attached hydrogen (secondary N) is 1. The molecule has 0 heterocycles. The lowest BCUT2D eigenvalue weighted by molar-refractivity contribution is -0.0490. The predicted molar refractivity (Wildman–Crippen MR) is 84.4 cm³/mol. The molecule has 1 atom stereocenters.